The molecule has 2 aromatic rings. The third-order valence-electron chi connectivity index (χ3n) is 6.36. The van der Waals surface area contributed by atoms with Gasteiger partial charge in [-0.2, -0.15) is 0 Å². The first-order valence-electron chi connectivity index (χ1n) is 13.5. The molecule has 0 fully saturated rings. The van der Waals surface area contributed by atoms with E-state index in [9.17, 15) is 18.3 Å². The summed E-state index contributed by atoms with van der Waals surface area (Å²) in [5.41, 5.74) is 1.46. The Morgan fingerprint density at radius 3 is 1.83 bits per heavy atom. The molecular formula is C29H44N2O4S. The predicted molar refractivity (Wildman–Crippen MR) is 149 cm³/mol. The largest absolute Gasteiger partial charge is 0.506 e. The maximum absolute atomic E-state index is 12.5. The Labute approximate surface area is 218 Å². The molecule has 2 rings (SSSR count). The highest BCUT2D eigenvalue weighted by molar-refractivity contribution is 7.92. The summed E-state index contributed by atoms with van der Waals surface area (Å²) in [6, 6.07) is 10.8. The van der Waals surface area contributed by atoms with Crippen molar-refractivity contribution in [3.8, 4) is 5.75 Å². The van der Waals surface area contributed by atoms with Gasteiger partial charge < -0.3 is 10.4 Å². The van der Waals surface area contributed by atoms with Crippen molar-refractivity contribution in [1.82, 2.24) is 0 Å². The second-order valence-electron chi connectivity index (χ2n) is 9.69. The highest BCUT2D eigenvalue weighted by Crippen LogP contribution is 2.28. The molecule has 0 saturated heterocycles. The van der Waals surface area contributed by atoms with E-state index in [0.29, 0.717) is 6.42 Å². The molecule has 0 aliphatic carbocycles. The summed E-state index contributed by atoms with van der Waals surface area (Å²) in [4.78, 5) is 12.4. The molecule has 0 heterocycles. The fourth-order valence-corrected chi connectivity index (χ4v) is 5.20. The number of amides is 1. The van der Waals surface area contributed by atoms with Crippen molar-refractivity contribution < 1.29 is 18.3 Å². The third-order valence-corrected chi connectivity index (χ3v) is 7.76. The van der Waals surface area contributed by atoms with Gasteiger partial charge in [0.05, 0.1) is 16.3 Å². The summed E-state index contributed by atoms with van der Waals surface area (Å²) in [7, 11) is -3.76. The van der Waals surface area contributed by atoms with Crippen molar-refractivity contribution in [2.45, 2.75) is 109 Å². The maximum Gasteiger partial charge on any atom is 0.261 e. The molecule has 6 nitrogen and oxygen atoms in total. The van der Waals surface area contributed by atoms with E-state index in [2.05, 4.69) is 17.0 Å². The van der Waals surface area contributed by atoms with Crippen LogP contribution in [0.2, 0.25) is 0 Å². The Bertz CT molecular complexity index is 1020. The van der Waals surface area contributed by atoms with Gasteiger partial charge in [0.1, 0.15) is 5.75 Å². The van der Waals surface area contributed by atoms with Crippen molar-refractivity contribution in [3.05, 3.63) is 48.0 Å². The van der Waals surface area contributed by atoms with Crippen molar-refractivity contribution >= 4 is 27.3 Å². The molecule has 0 radical (unpaired) electrons. The number of sulfonamides is 1. The van der Waals surface area contributed by atoms with Gasteiger partial charge in [0, 0.05) is 12.5 Å². The van der Waals surface area contributed by atoms with Gasteiger partial charge in [-0.25, -0.2) is 8.42 Å². The van der Waals surface area contributed by atoms with Gasteiger partial charge in [-0.05, 0) is 37.6 Å². The minimum atomic E-state index is -3.76. The Kier molecular flexibility index (Phi) is 13.4. The zero-order valence-corrected chi connectivity index (χ0v) is 22.8. The lowest BCUT2D eigenvalue weighted by Crippen LogP contribution is -2.14. The maximum atomic E-state index is 12.5. The fourth-order valence-electron chi connectivity index (χ4n) is 4.15. The summed E-state index contributed by atoms with van der Waals surface area (Å²) in [6.07, 6.45) is 16.7. The molecule has 0 bridgehead atoms. The number of anilines is 2. The van der Waals surface area contributed by atoms with Crippen LogP contribution in [0.25, 0.3) is 0 Å². The first kappa shape index (κ1) is 29.7. The lowest BCUT2D eigenvalue weighted by atomic mass is 10.0. The van der Waals surface area contributed by atoms with Gasteiger partial charge in [0.15, 0.2) is 0 Å². The number of aryl methyl sites for hydroxylation is 1. The van der Waals surface area contributed by atoms with Gasteiger partial charge in [0.2, 0.25) is 5.91 Å². The average molecular weight is 517 g/mol. The van der Waals surface area contributed by atoms with E-state index in [1.165, 1.54) is 94.5 Å². The molecule has 0 aromatic heterocycles. The number of phenols is 1. The van der Waals surface area contributed by atoms with Gasteiger partial charge in [-0.15, -0.1) is 0 Å². The number of carbonyl (C=O) groups is 1. The van der Waals surface area contributed by atoms with E-state index in [-0.39, 0.29) is 27.9 Å². The van der Waals surface area contributed by atoms with Crippen LogP contribution >= 0.6 is 0 Å². The van der Waals surface area contributed by atoms with E-state index >= 15 is 0 Å². The molecule has 0 atom stereocenters. The van der Waals surface area contributed by atoms with Crippen LogP contribution in [0.1, 0.15) is 102 Å². The van der Waals surface area contributed by atoms with Crippen molar-refractivity contribution in [1.29, 1.82) is 0 Å². The molecule has 7 heteroatoms. The highest BCUT2D eigenvalue weighted by atomic mass is 32.2. The van der Waals surface area contributed by atoms with E-state index < -0.39 is 10.0 Å². The summed E-state index contributed by atoms with van der Waals surface area (Å²) in [6.45, 7) is 4.13. The molecule has 1 amide bonds. The second kappa shape index (κ2) is 16.3. The number of rotatable bonds is 18. The van der Waals surface area contributed by atoms with Gasteiger partial charge in [0.25, 0.3) is 10.0 Å². The van der Waals surface area contributed by atoms with Gasteiger partial charge in [-0.1, -0.05) is 102 Å². The summed E-state index contributed by atoms with van der Waals surface area (Å²) in [5, 5.41) is 13.0. The first-order valence-corrected chi connectivity index (χ1v) is 15.0. The first-order chi connectivity index (χ1) is 17.3. The lowest BCUT2D eigenvalue weighted by molar-refractivity contribution is -0.116. The van der Waals surface area contributed by atoms with Crippen LogP contribution in [-0.2, 0) is 14.8 Å². The molecule has 36 heavy (non-hydrogen) atoms. The van der Waals surface area contributed by atoms with Crippen LogP contribution in [0.5, 0.6) is 5.75 Å². The van der Waals surface area contributed by atoms with Crippen LogP contribution in [0.15, 0.2) is 47.4 Å². The summed E-state index contributed by atoms with van der Waals surface area (Å²) < 4.78 is 27.5. The SMILES string of the molecule is CCCCCCCCCCCCCCCC(=O)Nc1ccc(NS(=O)(=O)c2ccc(C)cc2)cc1O. The Morgan fingerprint density at radius 1 is 0.778 bits per heavy atom. The standard InChI is InChI=1S/C29H44N2O4S/c1-3-4-5-6-7-8-9-10-11-12-13-14-15-16-29(33)30-27-22-19-25(23-28(27)32)31-36(34,35)26-20-17-24(2)18-21-26/h17-23,31-32H,3-16H2,1-2H3,(H,30,33). The molecule has 0 unspecified atom stereocenters. The zero-order chi connectivity index (χ0) is 26.2. The molecule has 3 N–H and O–H groups in total. The normalized spacial score (nSPS) is 11.4. The Morgan fingerprint density at radius 2 is 1.31 bits per heavy atom. The number of nitrogens with one attached hydrogen (secondary N) is 2. The molecular weight excluding hydrogens is 472 g/mol. The lowest BCUT2D eigenvalue weighted by Gasteiger charge is -2.11. The molecule has 0 saturated carbocycles. The number of phenolic OH excluding ortho intramolecular Hbond substituents is 1. The van der Waals surface area contributed by atoms with Crippen LogP contribution in [0.3, 0.4) is 0 Å². The van der Waals surface area contributed by atoms with E-state index in [1.54, 1.807) is 12.1 Å². The van der Waals surface area contributed by atoms with Crippen LogP contribution < -0.4 is 10.0 Å². The smallest absolute Gasteiger partial charge is 0.261 e. The average Bonchev–Trinajstić information content (AvgIpc) is 2.84. The van der Waals surface area contributed by atoms with Gasteiger partial charge >= 0.3 is 0 Å². The predicted octanol–water partition coefficient (Wildman–Crippen LogP) is 7.92. The van der Waals surface area contributed by atoms with Gasteiger partial charge in [-0.3, -0.25) is 9.52 Å². The quantitative estimate of drug-likeness (QED) is 0.138. The second-order valence-corrected chi connectivity index (χ2v) is 11.4. The number of benzene rings is 2. The summed E-state index contributed by atoms with van der Waals surface area (Å²) in [5.74, 6) is -0.334. The summed E-state index contributed by atoms with van der Waals surface area (Å²) >= 11 is 0. The highest BCUT2D eigenvalue weighted by Gasteiger charge is 2.15. The van der Waals surface area contributed by atoms with Crippen molar-refractivity contribution in [2.75, 3.05) is 10.0 Å². The fraction of sp³-hybridized carbons (Fsp3) is 0.552. The minimum Gasteiger partial charge on any atom is -0.506 e. The van der Waals surface area contributed by atoms with Crippen molar-refractivity contribution in [3.63, 3.8) is 0 Å². The molecule has 200 valence electrons. The monoisotopic (exact) mass is 516 g/mol. The van der Waals surface area contributed by atoms with Crippen LogP contribution in [-0.4, -0.2) is 19.4 Å². The number of hydrogen-bond acceptors (Lipinski definition) is 4. The van der Waals surface area contributed by atoms with E-state index in [1.807, 2.05) is 6.92 Å². The minimum absolute atomic E-state index is 0.141. The number of carbonyl (C=O) groups excluding carboxylic acids is 1. The number of aromatic hydroxyl groups is 1. The van der Waals surface area contributed by atoms with E-state index in [0.717, 1.165) is 24.8 Å². The van der Waals surface area contributed by atoms with Crippen LogP contribution in [0.4, 0.5) is 11.4 Å². The molecule has 0 aliphatic rings. The number of hydrogen-bond donors (Lipinski definition) is 3. The third kappa shape index (κ3) is 11.5. The Hall–Kier alpha value is -2.54. The molecule has 0 aliphatic heterocycles. The molecule has 2 aromatic carbocycles. The Balaban J connectivity index is 1.62. The topological polar surface area (TPSA) is 95.5 Å². The molecule has 0 spiro atoms. The number of unbranched alkanes of at least 4 members (excludes halogenated alkanes) is 12. The van der Waals surface area contributed by atoms with Crippen molar-refractivity contribution in [2.24, 2.45) is 0 Å². The van der Waals surface area contributed by atoms with E-state index in [4.69, 9.17) is 0 Å². The zero-order valence-electron chi connectivity index (χ0n) is 22.0. The van der Waals surface area contributed by atoms with Crippen LogP contribution in [0, 0.1) is 6.92 Å².